The third-order valence-corrected chi connectivity index (χ3v) is 3.26. The van der Waals surface area contributed by atoms with Gasteiger partial charge in [-0.05, 0) is 24.3 Å². The summed E-state index contributed by atoms with van der Waals surface area (Å²) in [5.74, 6) is -0.0661. The summed E-state index contributed by atoms with van der Waals surface area (Å²) in [5.41, 5.74) is 5.84. The van der Waals surface area contributed by atoms with E-state index in [0.717, 1.165) is 10.2 Å². The fraction of sp³-hybridized carbons (Fsp3) is 0.364. The van der Waals surface area contributed by atoms with Crippen LogP contribution in [-0.2, 0) is 9.53 Å². The number of halogens is 1. The number of rotatable bonds is 3. The molecule has 3 N–H and O–H groups in total. The molecule has 1 fully saturated rings. The number of benzene rings is 1. The standard InChI is InChI=1S/C11H13BrN2O2/c12-8-1-3-9(4-2-8)14-10(15)11(5-13)6-16-7-11/h1-4H,5-7,13H2,(H,14,15). The molecule has 0 bridgehead atoms. The van der Waals surface area contributed by atoms with Crippen molar-refractivity contribution in [2.24, 2.45) is 11.1 Å². The van der Waals surface area contributed by atoms with E-state index in [0.29, 0.717) is 19.8 Å². The molecule has 2 rings (SSSR count). The Bertz CT molecular complexity index is 382. The van der Waals surface area contributed by atoms with Gasteiger partial charge in [-0.25, -0.2) is 0 Å². The Morgan fingerprint density at radius 1 is 1.44 bits per heavy atom. The molecule has 0 aromatic heterocycles. The highest BCUT2D eigenvalue weighted by atomic mass is 79.9. The molecule has 1 aromatic rings. The molecule has 1 saturated heterocycles. The van der Waals surface area contributed by atoms with E-state index >= 15 is 0 Å². The summed E-state index contributed by atoms with van der Waals surface area (Å²) in [7, 11) is 0. The molecular formula is C11H13BrN2O2. The monoisotopic (exact) mass is 284 g/mol. The second kappa shape index (κ2) is 4.53. The van der Waals surface area contributed by atoms with E-state index in [1.54, 1.807) is 0 Å². The van der Waals surface area contributed by atoms with Crippen molar-refractivity contribution in [2.45, 2.75) is 0 Å². The molecule has 1 aliphatic rings. The van der Waals surface area contributed by atoms with Crippen LogP contribution >= 0.6 is 15.9 Å². The Labute approximate surface area is 102 Å². The lowest BCUT2D eigenvalue weighted by molar-refractivity contribution is -0.153. The lowest BCUT2D eigenvalue weighted by Gasteiger charge is -2.38. The second-order valence-corrected chi connectivity index (χ2v) is 4.85. The van der Waals surface area contributed by atoms with E-state index < -0.39 is 5.41 Å². The smallest absolute Gasteiger partial charge is 0.236 e. The number of nitrogens with one attached hydrogen (secondary N) is 1. The van der Waals surface area contributed by atoms with Crippen LogP contribution in [0.15, 0.2) is 28.7 Å². The van der Waals surface area contributed by atoms with Gasteiger partial charge in [0, 0.05) is 16.7 Å². The van der Waals surface area contributed by atoms with Crippen LogP contribution in [0.2, 0.25) is 0 Å². The Balaban J connectivity index is 2.04. The SMILES string of the molecule is NCC1(C(=O)Nc2ccc(Br)cc2)COC1. The maximum atomic E-state index is 11.9. The molecule has 0 aliphatic carbocycles. The molecule has 1 amide bonds. The van der Waals surface area contributed by atoms with Crippen molar-refractivity contribution in [2.75, 3.05) is 25.1 Å². The molecule has 1 aromatic carbocycles. The number of carbonyl (C=O) groups is 1. The molecule has 0 saturated carbocycles. The van der Waals surface area contributed by atoms with Crippen molar-refractivity contribution in [1.82, 2.24) is 0 Å². The average molecular weight is 285 g/mol. The fourth-order valence-corrected chi connectivity index (χ4v) is 1.75. The van der Waals surface area contributed by atoms with Crippen LogP contribution in [0.25, 0.3) is 0 Å². The van der Waals surface area contributed by atoms with E-state index in [4.69, 9.17) is 10.5 Å². The molecular weight excluding hydrogens is 272 g/mol. The van der Waals surface area contributed by atoms with Gasteiger partial charge in [-0.3, -0.25) is 4.79 Å². The number of ether oxygens (including phenoxy) is 1. The molecule has 0 atom stereocenters. The Morgan fingerprint density at radius 3 is 2.50 bits per heavy atom. The zero-order chi connectivity index (χ0) is 11.6. The predicted molar refractivity (Wildman–Crippen MR) is 65.1 cm³/mol. The summed E-state index contributed by atoms with van der Waals surface area (Å²) >= 11 is 3.34. The van der Waals surface area contributed by atoms with Gasteiger partial charge in [0.1, 0.15) is 5.41 Å². The zero-order valence-electron chi connectivity index (χ0n) is 8.70. The van der Waals surface area contributed by atoms with Crippen molar-refractivity contribution >= 4 is 27.5 Å². The molecule has 0 spiro atoms. The van der Waals surface area contributed by atoms with E-state index in [9.17, 15) is 4.79 Å². The summed E-state index contributed by atoms with van der Waals surface area (Å²) < 4.78 is 6.04. The molecule has 0 unspecified atom stereocenters. The Hall–Kier alpha value is -0.910. The number of anilines is 1. The van der Waals surface area contributed by atoms with Crippen LogP contribution < -0.4 is 11.1 Å². The third-order valence-electron chi connectivity index (χ3n) is 2.73. The van der Waals surface area contributed by atoms with Crippen molar-refractivity contribution in [3.05, 3.63) is 28.7 Å². The minimum atomic E-state index is -0.535. The number of hydrogen-bond acceptors (Lipinski definition) is 3. The van der Waals surface area contributed by atoms with Crippen molar-refractivity contribution in [3.63, 3.8) is 0 Å². The number of carbonyl (C=O) groups excluding carboxylic acids is 1. The maximum Gasteiger partial charge on any atom is 0.236 e. The first-order chi connectivity index (χ1) is 7.66. The number of amides is 1. The zero-order valence-corrected chi connectivity index (χ0v) is 10.3. The second-order valence-electron chi connectivity index (χ2n) is 3.94. The van der Waals surface area contributed by atoms with Gasteiger partial charge >= 0.3 is 0 Å². The lowest BCUT2D eigenvalue weighted by Crippen LogP contribution is -2.56. The molecule has 1 heterocycles. The van der Waals surface area contributed by atoms with Gasteiger partial charge in [0.05, 0.1) is 13.2 Å². The fourth-order valence-electron chi connectivity index (χ4n) is 1.49. The van der Waals surface area contributed by atoms with Gasteiger partial charge in [-0.15, -0.1) is 0 Å². The molecule has 86 valence electrons. The van der Waals surface area contributed by atoms with Crippen molar-refractivity contribution < 1.29 is 9.53 Å². The maximum absolute atomic E-state index is 11.9. The van der Waals surface area contributed by atoms with Gasteiger partial charge in [0.2, 0.25) is 5.91 Å². The van der Waals surface area contributed by atoms with Crippen LogP contribution in [0.4, 0.5) is 5.69 Å². The van der Waals surface area contributed by atoms with Crippen molar-refractivity contribution in [3.8, 4) is 0 Å². The average Bonchev–Trinajstić information content (AvgIpc) is 2.21. The highest BCUT2D eigenvalue weighted by Gasteiger charge is 2.44. The number of nitrogens with two attached hydrogens (primary N) is 1. The summed E-state index contributed by atoms with van der Waals surface area (Å²) in [6, 6.07) is 7.43. The molecule has 5 heteroatoms. The minimum absolute atomic E-state index is 0.0661. The van der Waals surface area contributed by atoms with E-state index in [1.165, 1.54) is 0 Å². The summed E-state index contributed by atoms with van der Waals surface area (Å²) in [4.78, 5) is 11.9. The first-order valence-corrected chi connectivity index (χ1v) is 5.80. The van der Waals surface area contributed by atoms with Gasteiger partial charge in [0.15, 0.2) is 0 Å². The van der Waals surface area contributed by atoms with Crippen LogP contribution in [0.3, 0.4) is 0 Å². The normalized spacial score (nSPS) is 17.6. The van der Waals surface area contributed by atoms with E-state index in [2.05, 4.69) is 21.2 Å². The highest BCUT2D eigenvalue weighted by molar-refractivity contribution is 9.10. The third kappa shape index (κ3) is 2.11. The predicted octanol–water partition coefficient (Wildman–Crippen LogP) is 1.36. The number of hydrogen-bond donors (Lipinski definition) is 2. The van der Waals surface area contributed by atoms with Gasteiger partial charge in [-0.2, -0.15) is 0 Å². The van der Waals surface area contributed by atoms with Gasteiger partial charge in [-0.1, -0.05) is 15.9 Å². The quantitative estimate of drug-likeness (QED) is 0.881. The van der Waals surface area contributed by atoms with Crippen LogP contribution in [0.5, 0.6) is 0 Å². The van der Waals surface area contributed by atoms with Crippen LogP contribution in [-0.4, -0.2) is 25.7 Å². The summed E-state index contributed by atoms with van der Waals surface area (Å²) in [5, 5.41) is 2.84. The van der Waals surface area contributed by atoms with Crippen LogP contribution in [0, 0.1) is 5.41 Å². The molecule has 1 aliphatic heterocycles. The lowest BCUT2D eigenvalue weighted by atomic mass is 9.85. The largest absolute Gasteiger partial charge is 0.379 e. The molecule has 16 heavy (non-hydrogen) atoms. The Kier molecular flexibility index (Phi) is 3.28. The highest BCUT2D eigenvalue weighted by Crippen LogP contribution is 2.28. The first kappa shape index (κ1) is 11.6. The van der Waals surface area contributed by atoms with Gasteiger partial charge < -0.3 is 15.8 Å². The van der Waals surface area contributed by atoms with Crippen molar-refractivity contribution in [1.29, 1.82) is 0 Å². The first-order valence-electron chi connectivity index (χ1n) is 5.01. The molecule has 0 radical (unpaired) electrons. The molecule has 4 nitrogen and oxygen atoms in total. The van der Waals surface area contributed by atoms with Gasteiger partial charge in [0.25, 0.3) is 0 Å². The topological polar surface area (TPSA) is 64.4 Å². The summed E-state index contributed by atoms with van der Waals surface area (Å²) in [6.45, 7) is 1.13. The minimum Gasteiger partial charge on any atom is -0.379 e. The van der Waals surface area contributed by atoms with E-state index in [1.807, 2.05) is 24.3 Å². The Morgan fingerprint density at radius 2 is 2.06 bits per heavy atom. The summed E-state index contributed by atoms with van der Waals surface area (Å²) in [6.07, 6.45) is 0. The van der Waals surface area contributed by atoms with E-state index in [-0.39, 0.29) is 5.91 Å². The van der Waals surface area contributed by atoms with Crippen LogP contribution in [0.1, 0.15) is 0 Å².